The number of nitrogens with one attached hydrogen (secondary N) is 2. The molecule has 0 saturated carbocycles. The van der Waals surface area contributed by atoms with Crippen LogP contribution in [0.15, 0.2) is 47.6 Å². The summed E-state index contributed by atoms with van der Waals surface area (Å²) in [6, 6.07) is 10.9. The molecule has 0 fully saturated rings. The van der Waals surface area contributed by atoms with Crippen LogP contribution in [0.4, 0.5) is 15.8 Å². The topological polar surface area (TPSA) is 79.8 Å². The van der Waals surface area contributed by atoms with E-state index in [9.17, 15) is 14.0 Å². The number of hydrogen-bond acceptors (Lipinski definition) is 4. The number of halogens is 2. The Bertz CT molecular complexity index is 864. The zero-order valence-electron chi connectivity index (χ0n) is 13.8. The first kappa shape index (κ1) is 17.9. The van der Waals surface area contributed by atoms with Crippen molar-refractivity contribution in [3.63, 3.8) is 0 Å². The third-order valence-corrected chi connectivity index (χ3v) is 4.00. The smallest absolute Gasteiger partial charge is 0.268 e. The molecule has 0 spiro atoms. The fourth-order valence-corrected chi connectivity index (χ4v) is 2.77. The van der Waals surface area contributed by atoms with Gasteiger partial charge in [-0.2, -0.15) is 0 Å². The standard InChI is InChI=1S/C18H15ClFN3O3/c1-10(24)21-11-5-7-12(8-6-11)22-18(25)16-9-15(23-26-16)17-13(19)3-2-4-14(17)20/h2-8,16H,9H2,1H3,(H,21,24)(H,22,25). The van der Waals surface area contributed by atoms with Gasteiger partial charge in [-0.15, -0.1) is 0 Å². The molecule has 1 unspecified atom stereocenters. The lowest BCUT2D eigenvalue weighted by Gasteiger charge is -2.10. The number of rotatable bonds is 4. The Hall–Kier alpha value is -2.93. The van der Waals surface area contributed by atoms with Gasteiger partial charge in [0.1, 0.15) is 5.82 Å². The van der Waals surface area contributed by atoms with Gasteiger partial charge in [-0.05, 0) is 36.4 Å². The van der Waals surface area contributed by atoms with E-state index in [0.29, 0.717) is 11.4 Å². The van der Waals surface area contributed by atoms with Gasteiger partial charge < -0.3 is 15.5 Å². The Morgan fingerprint density at radius 3 is 2.42 bits per heavy atom. The molecule has 1 atom stereocenters. The molecular weight excluding hydrogens is 361 g/mol. The summed E-state index contributed by atoms with van der Waals surface area (Å²) in [4.78, 5) is 28.5. The molecule has 0 radical (unpaired) electrons. The monoisotopic (exact) mass is 375 g/mol. The molecule has 1 aliphatic heterocycles. The van der Waals surface area contributed by atoms with E-state index in [2.05, 4.69) is 15.8 Å². The molecule has 0 aliphatic carbocycles. The third-order valence-electron chi connectivity index (χ3n) is 3.69. The second-order valence-corrected chi connectivity index (χ2v) is 6.09. The predicted molar refractivity (Wildman–Crippen MR) is 96.8 cm³/mol. The molecule has 0 bridgehead atoms. The van der Waals surface area contributed by atoms with Crippen molar-refractivity contribution in [1.82, 2.24) is 0 Å². The van der Waals surface area contributed by atoms with Gasteiger partial charge in [-0.3, -0.25) is 9.59 Å². The number of anilines is 2. The van der Waals surface area contributed by atoms with Gasteiger partial charge in [0.25, 0.3) is 5.91 Å². The van der Waals surface area contributed by atoms with E-state index in [1.54, 1.807) is 30.3 Å². The summed E-state index contributed by atoms with van der Waals surface area (Å²) in [5, 5.41) is 9.33. The van der Waals surface area contributed by atoms with Crippen molar-refractivity contribution in [2.24, 2.45) is 5.16 Å². The number of hydrogen-bond donors (Lipinski definition) is 2. The number of amides is 2. The van der Waals surface area contributed by atoms with E-state index in [1.165, 1.54) is 19.1 Å². The summed E-state index contributed by atoms with van der Waals surface area (Å²) in [7, 11) is 0. The van der Waals surface area contributed by atoms with E-state index in [0.717, 1.165) is 0 Å². The van der Waals surface area contributed by atoms with Crippen LogP contribution in [0.25, 0.3) is 0 Å². The van der Waals surface area contributed by atoms with Crippen LogP contribution in [0.5, 0.6) is 0 Å². The minimum atomic E-state index is -0.879. The Morgan fingerprint density at radius 1 is 1.15 bits per heavy atom. The summed E-state index contributed by atoms with van der Waals surface area (Å²) in [6.45, 7) is 1.41. The first-order valence-electron chi connectivity index (χ1n) is 7.79. The van der Waals surface area contributed by atoms with Gasteiger partial charge in [0.05, 0.1) is 16.3 Å². The van der Waals surface area contributed by atoms with Crippen molar-refractivity contribution >= 4 is 40.5 Å². The summed E-state index contributed by atoms with van der Waals surface area (Å²) in [5.74, 6) is -1.12. The highest BCUT2D eigenvalue weighted by Gasteiger charge is 2.31. The lowest BCUT2D eigenvalue weighted by atomic mass is 10.0. The highest BCUT2D eigenvalue weighted by atomic mass is 35.5. The van der Waals surface area contributed by atoms with Crippen LogP contribution in [0.2, 0.25) is 5.02 Å². The van der Waals surface area contributed by atoms with E-state index in [1.807, 2.05) is 0 Å². The van der Waals surface area contributed by atoms with E-state index in [4.69, 9.17) is 16.4 Å². The first-order chi connectivity index (χ1) is 12.4. The van der Waals surface area contributed by atoms with Crippen molar-refractivity contribution in [3.05, 3.63) is 58.9 Å². The van der Waals surface area contributed by atoms with Crippen LogP contribution < -0.4 is 10.6 Å². The molecule has 2 aromatic rings. The van der Waals surface area contributed by atoms with Crippen LogP contribution in [0.3, 0.4) is 0 Å². The zero-order valence-corrected chi connectivity index (χ0v) is 14.5. The quantitative estimate of drug-likeness (QED) is 0.857. The Kier molecular flexibility index (Phi) is 5.18. The Morgan fingerprint density at radius 2 is 1.81 bits per heavy atom. The van der Waals surface area contributed by atoms with Crippen molar-refractivity contribution < 1.29 is 18.8 Å². The molecular formula is C18H15ClFN3O3. The van der Waals surface area contributed by atoms with Crippen LogP contribution in [0, 0.1) is 5.82 Å². The lowest BCUT2D eigenvalue weighted by Crippen LogP contribution is -2.28. The fourth-order valence-electron chi connectivity index (χ4n) is 2.50. The molecule has 2 N–H and O–H groups in total. The van der Waals surface area contributed by atoms with Gasteiger partial charge in [-0.1, -0.05) is 22.8 Å². The number of benzene rings is 2. The van der Waals surface area contributed by atoms with Gasteiger partial charge in [0.2, 0.25) is 12.0 Å². The van der Waals surface area contributed by atoms with Gasteiger partial charge in [0, 0.05) is 24.7 Å². The van der Waals surface area contributed by atoms with E-state index < -0.39 is 17.8 Å². The molecule has 2 aromatic carbocycles. The van der Waals surface area contributed by atoms with Crippen LogP contribution in [-0.2, 0) is 14.4 Å². The maximum atomic E-state index is 14.0. The molecule has 8 heteroatoms. The molecule has 1 heterocycles. The molecule has 3 rings (SSSR count). The highest BCUT2D eigenvalue weighted by molar-refractivity contribution is 6.34. The Labute approximate surface area is 154 Å². The van der Waals surface area contributed by atoms with Crippen LogP contribution >= 0.6 is 11.6 Å². The van der Waals surface area contributed by atoms with Crippen molar-refractivity contribution in [2.75, 3.05) is 10.6 Å². The second kappa shape index (κ2) is 7.53. The number of nitrogens with zero attached hydrogens (tertiary/aromatic N) is 1. The maximum absolute atomic E-state index is 14.0. The molecule has 134 valence electrons. The second-order valence-electron chi connectivity index (χ2n) is 5.68. The highest BCUT2D eigenvalue weighted by Crippen LogP contribution is 2.26. The van der Waals surface area contributed by atoms with Crippen molar-refractivity contribution in [3.8, 4) is 0 Å². The molecule has 26 heavy (non-hydrogen) atoms. The van der Waals surface area contributed by atoms with Gasteiger partial charge in [-0.25, -0.2) is 4.39 Å². The normalized spacial score (nSPS) is 15.8. The fraction of sp³-hybridized carbons (Fsp3) is 0.167. The van der Waals surface area contributed by atoms with Crippen molar-refractivity contribution in [2.45, 2.75) is 19.4 Å². The van der Waals surface area contributed by atoms with Gasteiger partial charge in [0.15, 0.2) is 0 Å². The Balaban J connectivity index is 1.63. The number of carbonyl (C=O) groups is 2. The molecule has 0 aromatic heterocycles. The molecule has 1 aliphatic rings. The summed E-state index contributed by atoms with van der Waals surface area (Å²) < 4.78 is 14.0. The molecule has 0 saturated heterocycles. The van der Waals surface area contributed by atoms with Crippen molar-refractivity contribution in [1.29, 1.82) is 0 Å². The van der Waals surface area contributed by atoms with Crippen LogP contribution in [0.1, 0.15) is 18.9 Å². The minimum Gasteiger partial charge on any atom is -0.382 e. The molecule has 6 nitrogen and oxygen atoms in total. The SMILES string of the molecule is CC(=O)Nc1ccc(NC(=O)C2CC(c3c(F)cccc3Cl)=NO2)cc1. The average molecular weight is 376 g/mol. The van der Waals surface area contributed by atoms with E-state index >= 15 is 0 Å². The third kappa shape index (κ3) is 4.00. The van der Waals surface area contributed by atoms with Gasteiger partial charge >= 0.3 is 0 Å². The van der Waals surface area contributed by atoms with Crippen LogP contribution in [-0.4, -0.2) is 23.6 Å². The predicted octanol–water partition coefficient (Wildman–Crippen LogP) is 3.57. The first-order valence-corrected chi connectivity index (χ1v) is 8.17. The molecule has 2 amide bonds. The number of oxime groups is 1. The zero-order chi connectivity index (χ0) is 18.7. The lowest BCUT2D eigenvalue weighted by molar-refractivity contribution is -0.125. The minimum absolute atomic E-state index is 0.108. The summed E-state index contributed by atoms with van der Waals surface area (Å²) in [6.07, 6.45) is -0.771. The largest absolute Gasteiger partial charge is 0.382 e. The van der Waals surface area contributed by atoms with E-state index in [-0.39, 0.29) is 28.6 Å². The summed E-state index contributed by atoms with van der Waals surface area (Å²) >= 11 is 6.01. The number of carbonyl (C=O) groups excluding carboxylic acids is 2. The maximum Gasteiger partial charge on any atom is 0.268 e. The average Bonchev–Trinajstić information content (AvgIpc) is 3.06. The summed E-state index contributed by atoms with van der Waals surface area (Å²) in [5.41, 5.74) is 1.58.